The number of hydrogen-bond donors (Lipinski definition) is 2. The molecule has 5 heteroatoms. The maximum absolute atomic E-state index is 10.9. The van der Waals surface area contributed by atoms with E-state index in [0.717, 1.165) is 0 Å². The first kappa shape index (κ1) is 13.2. The number of carbonyl (C=O) groups is 1. The summed E-state index contributed by atoms with van der Waals surface area (Å²) >= 11 is 6.02. The highest BCUT2D eigenvalue weighted by Gasteiger charge is 2.04. The van der Waals surface area contributed by atoms with Crippen molar-refractivity contribution in [3.63, 3.8) is 0 Å². The van der Waals surface area contributed by atoms with Gasteiger partial charge in [-0.1, -0.05) is 11.6 Å². The van der Waals surface area contributed by atoms with E-state index in [1.54, 1.807) is 42.5 Å². The molecule has 19 heavy (non-hydrogen) atoms. The van der Waals surface area contributed by atoms with Crippen molar-refractivity contribution in [2.24, 2.45) is 0 Å². The molecule has 98 valence electrons. The zero-order valence-corrected chi connectivity index (χ0v) is 11.1. The van der Waals surface area contributed by atoms with Gasteiger partial charge in [0, 0.05) is 18.3 Å². The smallest absolute Gasteiger partial charge is 0.221 e. The molecule has 0 aliphatic heterocycles. The Bertz CT molecular complexity index is 597. The molecule has 0 aliphatic rings. The van der Waals surface area contributed by atoms with E-state index in [-0.39, 0.29) is 5.91 Å². The Morgan fingerprint density at radius 3 is 2.47 bits per heavy atom. The fourth-order valence-corrected chi connectivity index (χ4v) is 1.76. The van der Waals surface area contributed by atoms with Gasteiger partial charge < -0.3 is 15.8 Å². The number of anilines is 2. The largest absolute Gasteiger partial charge is 0.456 e. The number of carbonyl (C=O) groups excluding carboxylic acids is 1. The highest BCUT2D eigenvalue weighted by atomic mass is 35.5. The zero-order chi connectivity index (χ0) is 13.8. The van der Waals surface area contributed by atoms with Gasteiger partial charge >= 0.3 is 0 Å². The Balaban J connectivity index is 2.13. The summed E-state index contributed by atoms with van der Waals surface area (Å²) in [7, 11) is 0. The normalized spacial score (nSPS) is 10.0. The monoisotopic (exact) mass is 276 g/mol. The highest BCUT2D eigenvalue weighted by molar-refractivity contribution is 6.32. The van der Waals surface area contributed by atoms with Crippen LogP contribution in [-0.4, -0.2) is 5.91 Å². The Morgan fingerprint density at radius 1 is 1.21 bits per heavy atom. The van der Waals surface area contributed by atoms with E-state index >= 15 is 0 Å². The Hall–Kier alpha value is -2.20. The van der Waals surface area contributed by atoms with Crippen LogP contribution in [0.4, 0.5) is 11.4 Å². The van der Waals surface area contributed by atoms with Gasteiger partial charge in [0.15, 0.2) is 0 Å². The van der Waals surface area contributed by atoms with Crippen LogP contribution in [0.2, 0.25) is 5.02 Å². The van der Waals surface area contributed by atoms with Crippen molar-refractivity contribution < 1.29 is 9.53 Å². The standard InChI is InChI=1S/C14H13ClN2O2/c1-9(18)17-11-3-5-12(6-4-11)19-14-7-2-10(16)8-13(14)15/h2-8H,16H2,1H3,(H,17,18). The number of nitrogens with two attached hydrogens (primary N) is 1. The van der Waals surface area contributed by atoms with Gasteiger partial charge in [-0.25, -0.2) is 0 Å². The number of rotatable bonds is 3. The zero-order valence-electron chi connectivity index (χ0n) is 10.3. The molecule has 3 N–H and O–H groups in total. The third kappa shape index (κ3) is 3.63. The molecule has 4 nitrogen and oxygen atoms in total. The number of benzene rings is 2. The lowest BCUT2D eigenvalue weighted by Gasteiger charge is -2.09. The summed E-state index contributed by atoms with van der Waals surface area (Å²) in [6.07, 6.45) is 0. The first-order valence-corrected chi connectivity index (χ1v) is 6.03. The molecule has 0 saturated heterocycles. The number of halogens is 1. The van der Waals surface area contributed by atoms with Crippen LogP contribution in [0.3, 0.4) is 0 Å². The first-order chi connectivity index (χ1) is 9.04. The van der Waals surface area contributed by atoms with Crippen LogP contribution in [0.25, 0.3) is 0 Å². The summed E-state index contributed by atoms with van der Waals surface area (Å²) in [4.78, 5) is 10.9. The van der Waals surface area contributed by atoms with E-state index in [9.17, 15) is 4.79 Å². The maximum atomic E-state index is 10.9. The predicted octanol–water partition coefficient (Wildman–Crippen LogP) is 3.67. The lowest BCUT2D eigenvalue weighted by molar-refractivity contribution is -0.114. The molecule has 0 heterocycles. The number of amides is 1. The van der Waals surface area contributed by atoms with Crippen molar-refractivity contribution in [1.29, 1.82) is 0 Å². The summed E-state index contributed by atoms with van der Waals surface area (Å²) in [5, 5.41) is 3.13. The topological polar surface area (TPSA) is 64.3 Å². The second-order valence-corrected chi connectivity index (χ2v) is 4.40. The Morgan fingerprint density at radius 2 is 1.89 bits per heavy atom. The van der Waals surface area contributed by atoms with Gasteiger partial charge in [-0.2, -0.15) is 0 Å². The minimum Gasteiger partial charge on any atom is -0.456 e. The van der Waals surface area contributed by atoms with E-state index in [0.29, 0.717) is 27.9 Å². The molecule has 0 spiro atoms. The van der Waals surface area contributed by atoms with Crippen LogP contribution < -0.4 is 15.8 Å². The van der Waals surface area contributed by atoms with Crippen LogP contribution in [0.5, 0.6) is 11.5 Å². The summed E-state index contributed by atoms with van der Waals surface area (Å²) < 4.78 is 5.62. The van der Waals surface area contributed by atoms with E-state index in [2.05, 4.69) is 5.32 Å². The molecule has 2 aromatic carbocycles. The minimum absolute atomic E-state index is 0.116. The van der Waals surface area contributed by atoms with Gasteiger partial charge in [-0.05, 0) is 42.5 Å². The third-order valence-electron chi connectivity index (χ3n) is 2.36. The van der Waals surface area contributed by atoms with Crippen molar-refractivity contribution in [3.05, 3.63) is 47.5 Å². The number of nitrogen functional groups attached to an aromatic ring is 1. The van der Waals surface area contributed by atoms with E-state index < -0.39 is 0 Å². The van der Waals surface area contributed by atoms with Crippen LogP contribution in [0.15, 0.2) is 42.5 Å². The molecule has 0 unspecified atom stereocenters. The quantitative estimate of drug-likeness (QED) is 0.841. The SMILES string of the molecule is CC(=O)Nc1ccc(Oc2ccc(N)cc2Cl)cc1. The molecule has 0 atom stereocenters. The maximum Gasteiger partial charge on any atom is 0.221 e. The van der Waals surface area contributed by atoms with Gasteiger partial charge in [0.05, 0.1) is 5.02 Å². The molecule has 0 aliphatic carbocycles. The number of hydrogen-bond acceptors (Lipinski definition) is 3. The molecule has 2 aromatic rings. The second kappa shape index (κ2) is 5.63. The van der Waals surface area contributed by atoms with Crippen LogP contribution in [0.1, 0.15) is 6.92 Å². The van der Waals surface area contributed by atoms with Gasteiger partial charge in [-0.3, -0.25) is 4.79 Å². The molecule has 0 fully saturated rings. The van der Waals surface area contributed by atoms with Crippen molar-refractivity contribution in [3.8, 4) is 11.5 Å². The Kier molecular flexibility index (Phi) is 3.92. The molecule has 0 aromatic heterocycles. The van der Waals surface area contributed by atoms with Crippen LogP contribution >= 0.6 is 11.6 Å². The van der Waals surface area contributed by atoms with Crippen molar-refractivity contribution in [2.45, 2.75) is 6.92 Å². The average molecular weight is 277 g/mol. The molecular weight excluding hydrogens is 264 g/mol. The summed E-state index contributed by atoms with van der Waals surface area (Å²) in [5.41, 5.74) is 6.90. The molecule has 0 bridgehead atoms. The second-order valence-electron chi connectivity index (χ2n) is 4.00. The van der Waals surface area contributed by atoms with Gasteiger partial charge in [0.2, 0.25) is 5.91 Å². The molecule has 1 amide bonds. The van der Waals surface area contributed by atoms with Crippen molar-refractivity contribution >= 4 is 28.9 Å². The van der Waals surface area contributed by atoms with Crippen molar-refractivity contribution in [1.82, 2.24) is 0 Å². The molecule has 0 radical (unpaired) electrons. The van der Waals surface area contributed by atoms with Gasteiger partial charge in [0.25, 0.3) is 0 Å². The summed E-state index contributed by atoms with van der Waals surface area (Å²) in [6, 6.07) is 12.1. The first-order valence-electron chi connectivity index (χ1n) is 5.65. The van der Waals surface area contributed by atoms with E-state index in [1.807, 2.05) is 0 Å². The fraction of sp³-hybridized carbons (Fsp3) is 0.0714. The number of ether oxygens (including phenoxy) is 1. The number of nitrogens with one attached hydrogen (secondary N) is 1. The van der Waals surface area contributed by atoms with Gasteiger partial charge in [-0.15, -0.1) is 0 Å². The van der Waals surface area contributed by atoms with Crippen LogP contribution in [0, 0.1) is 0 Å². The third-order valence-corrected chi connectivity index (χ3v) is 2.65. The summed E-state index contributed by atoms with van der Waals surface area (Å²) in [6.45, 7) is 1.46. The minimum atomic E-state index is -0.116. The lowest BCUT2D eigenvalue weighted by Crippen LogP contribution is -2.05. The molecule has 2 rings (SSSR count). The molecule has 0 saturated carbocycles. The lowest BCUT2D eigenvalue weighted by atomic mass is 10.3. The fourth-order valence-electron chi connectivity index (χ4n) is 1.54. The van der Waals surface area contributed by atoms with Gasteiger partial charge in [0.1, 0.15) is 11.5 Å². The van der Waals surface area contributed by atoms with Crippen LogP contribution in [-0.2, 0) is 4.79 Å². The predicted molar refractivity (Wildman–Crippen MR) is 76.7 cm³/mol. The van der Waals surface area contributed by atoms with E-state index in [4.69, 9.17) is 22.1 Å². The highest BCUT2D eigenvalue weighted by Crippen LogP contribution is 2.31. The summed E-state index contributed by atoms with van der Waals surface area (Å²) in [5.74, 6) is 1.04. The Labute approximate surface area is 116 Å². The van der Waals surface area contributed by atoms with E-state index in [1.165, 1.54) is 6.92 Å². The average Bonchev–Trinajstić information content (AvgIpc) is 2.34. The van der Waals surface area contributed by atoms with Crippen molar-refractivity contribution in [2.75, 3.05) is 11.1 Å². The molecular formula is C14H13ClN2O2.